The highest BCUT2D eigenvalue weighted by molar-refractivity contribution is 14.0. The molecular formula is C16H26IN3. The number of aliphatic imine (C=N–C) groups is 1. The predicted molar refractivity (Wildman–Crippen MR) is 96.8 cm³/mol. The van der Waals surface area contributed by atoms with E-state index in [1.807, 2.05) is 0 Å². The smallest absolute Gasteiger partial charge is 0.188 e. The van der Waals surface area contributed by atoms with Gasteiger partial charge in [-0.25, -0.2) is 0 Å². The van der Waals surface area contributed by atoms with Gasteiger partial charge in [-0.2, -0.15) is 0 Å². The van der Waals surface area contributed by atoms with Crippen LogP contribution in [0.1, 0.15) is 50.5 Å². The van der Waals surface area contributed by atoms with Crippen LogP contribution in [-0.2, 0) is 0 Å². The maximum Gasteiger partial charge on any atom is 0.188 e. The molecule has 112 valence electrons. The van der Waals surface area contributed by atoms with E-state index in [2.05, 4.69) is 47.6 Å². The van der Waals surface area contributed by atoms with Crippen molar-refractivity contribution in [3.05, 3.63) is 35.9 Å². The summed E-state index contributed by atoms with van der Waals surface area (Å²) < 4.78 is 0. The third-order valence-electron chi connectivity index (χ3n) is 3.65. The predicted octanol–water partition coefficient (Wildman–Crippen LogP) is 3.65. The highest BCUT2D eigenvalue weighted by atomic mass is 127. The molecule has 3 N–H and O–H groups in total. The Morgan fingerprint density at radius 3 is 2.70 bits per heavy atom. The number of hydrogen-bond acceptors (Lipinski definition) is 1. The van der Waals surface area contributed by atoms with Gasteiger partial charge in [-0.1, -0.05) is 56.5 Å². The van der Waals surface area contributed by atoms with Gasteiger partial charge in [0.15, 0.2) is 5.96 Å². The average molecular weight is 387 g/mol. The second kappa shape index (κ2) is 9.21. The Balaban J connectivity index is 0.00000200. The van der Waals surface area contributed by atoms with Crippen LogP contribution < -0.4 is 11.1 Å². The van der Waals surface area contributed by atoms with Crippen LogP contribution in [-0.4, -0.2) is 18.5 Å². The van der Waals surface area contributed by atoms with Crippen LogP contribution in [0.2, 0.25) is 0 Å². The van der Waals surface area contributed by atoms with Crippen molar-refractivity contribution in [2.45, 2.75) is 51.0 Å². The summed E-state index contributed by atoms with van der Waals surface area (Å²) in [6, 6.07) is 11.1. The van der Waals surface area contributed by atoms with Gasteiger partial charge in [0.1, 0.15) is 0 Å². The first-order valence-corrected chi connectivity index (χ1v) is 7.42. The van der Waals surface area contributed by atoms with E-state index in [1.165, 1.54) is 24.8 Å². The summed E-state index contributed by atoms with van der Waals surface area (Å²) in [5.41, 5.74) is 7.31. The molecule has 20 heavy (non-hydrogen) atoms. The van der Waals surface area contributed by atoms with Gasteiger partial charge < -0.3 is 11.1 Å². The fourth-order valence-corrected chi connectivity index (χ4v) is 2.40. The highest BCUT2D eigenvalue weighted by Gasteiger charge is 2.38. The van der Waals surface area contributed by atoms with E-state index in [1.54, 1.807) is 0 Å². The van der Waals surface area contributed by atoms with Crippen LogP contribution in [0.3, 0.4) is 0 Å². The van der Waals surface area contributed by atoms with E-state index < -0.39 is 0 Å². The number of nitrogens with zero attached hydrogens (tertiary/aromatic N) is 1. The average Bonchev–Trinajstić information content (AvgIpc) is 3.19. The summed E-state index contributed by atoms with van der Waals surface area (Å²) >= 11 is 0. The second-order valence-electron chi connectivity index (χ2n) is 5.33. The molecule has 0 radical (unpaired) electrons. The standard InChI is InChI=1S/C16H25N3.HI/c1-2-3-4-8-11-18-16(17)19-15-12-14(15)13-9-6-5-7-10-13;/h5-7,9-10,14-15H,2-4,8,11-12H2,1H3,(H3,17,18,19);1H. The molecule has 4 heteroatoms. The molecule has 0 aromatic heterocycles. The van der Waals surface area contributed by atoms with E-state index in [0.29, 0.717) is 17.9 Å². The lowest BCUT2D eigenvalue weighted by Crippen LogP contribution is -2.34. The van der Waals surface area contributed by atoms with Crippen molar-refractivity contribution < 1.29 is 0 Å². The Morgan fingerprint density at radius 1 is 1.25 bits per heavy atom. The molecule has 2 atom stereocenters. The number of guanidine groups is 1. The van der Waals surface area contributed by atoms with Crippen LogP contribution in [0, 0.1) is 0 Å². The number of halogens is 1. The maximum absolute atomic E-state index is 5.91. The second-order valence-corrected chi connectivity index (χ2v) is 5.33. The van der Waals surface area contributed by atoms with E-state index in [4.69, 9.17) is 5.73 Å². The molecule has 1 saturated carbocycles. The van der Waals surface area contributed by atoms with Crippen molar-refractivity contribution in [3.8, 4) is 0 Å². The first-order valence-electron chi connectivity index (χ1n) is 7.42. The molecule has 1 aliphatic carbocycles. The largest absolute Gasteiger partial charge is 0.370 e. The first kappa shape index (κ1) is 17.3. The number of nitrogens with one attached hydrogen (secondary N) is 1. The fourth-order valence-electron chi connectivity index (χ4n) is 2.40. The molecule has 1 fully saturated rings. The minimum Gasteiger partial charge on any atom is -0.370 e. The quantitative estimate of drug-likeness (QED) is 0.325. The van der Waals surface area contributed by atoms with Crippen molar-refractivity contribution >= 4 is 29.9 Å². The number of benzene rings is 1. The zero-order chi connectivity index (χ0) is 13.5. The molecule has 0 bridgehead atoms. The third-order valence-corrected chi connectivity index (χ3v) is 3.65. The van der Waals surface area contributed by atoms with Crippen LogP contribution in [0.15, 0.2) is 35.3 Å². The van der Waals surface area contributed by atoms with Crippen LogP contribution >= 0.6 is 24.0 Å². The summed E-state index contributed by atoms with van der Waals surface area (Å²) in [7, 11) is 0. The van der Waals surface area contributed by atoms with Crippen molar-refractivity contribution in [1.82, 2.24) is 5.32 Å². The van der Waals surface area contributed by atoms with E-state index >= 15 is 0 Å². The molecule has 0 spiro atoms. The molecule has 0 heterocycles. The van der Waals surface area contributed by atoms with Crippen LogP contribution in [0.25, 0.3) is 0 Å². The lowest BCUT2D eigenvalue weighted by Gasteiger charge is -2.05. The number of nitrogens with two attached hydrogens (primary N) is 1. The molecule has 3 nitrogen and oxygen atoms in total. The normalized spacial score (nSPS) is 21.1. The van der Waals surface area contributed by atoms with Gasteiger partial charge in [0.05, 0.1) is 0 Å². The number of hydrogen-bond donors (Lipinski definition) is 2. The van der Waals surface area contributed by atoms with E-state index in [-0.39, 0.29) is 24.0 Å². The molecule has 0 amide bonds. The maximum atomic E-state index is 5.91. The molecular weight excluding hydrogens is 361 g/mol. The Hall–Kier alpha value is -0.780. The third kappa shape index (κ3) is 5.69. The molecule has 1 aliphatic rings. The Kier molecular flexibility index (Phi) is 7.95. The molecule has 1 aromatic carbocycles. The number of unbranched alkanes of at least 4 members (excludes halogenated alkanes) is 3. The summed E-state index contributed by atoms with van der Waals surface area (Å²) in [4.78, 5) is 4.39. The topological polar surface area (TPSA) is 50.4 Å². The van der Waals surface area contributed by atoms with Gasteiger partial charge in [-0.15, -0.1) is 24.0 Å². The van der Waals surface area contributed by atoms with Gasteiger partial charge in [0.2, 0.25) is 0 Å². The first-order chi connectivity index (χ1) is 9.31. The Bertz CT molecular complexity index is 405. The summed E-state index contributed by atoms with van der Waals surface area (Å²) in [6.07, 6.45) is 6.11. The minimum absolute atomic E-state index is 0. The molecule has 0 saturated heterocycles. The fraction of sp³-hybridized carbons (Fsp3) is 0.562. The van der Waals surface area contributed by atoms with E-state index in [0.717, 1.165) is 19.4 Å². The SMILES string of the molecule is CCCCCCN=C(N)NC1CC1c1ccccc1.I. The zero-order valence-electron chi connectivity index (χ0n) is 12.2. The van der Waals surface area contributed by atoms with Gasteiger partial charge >= 0.3 is 0 Å². The Labute approximate surface area is 139 Å². The highest BCUT2D eigenvalue weighted by Crippen LogP contribution is 2.40. The van der Waals surface area contributed by atoms with Crippen LogP contribution in [0.5, 0.6) is 0 Å². The minimum atomic E-state index is 0. The van der Waals surface area contributed by atoms with Gasteiger partial charge in [0.25, 0.3) is 0 Å². The van der Waals surface area contributed by atoms with Crippen LogP contribution in [0.4, 0.5) is 0 Å². The summed E-state index contributed by atoms with van der Waals surface area (Å²) in [5, 5.41) is 3.32. The zero-order valence-corrected chi connectivity index (χ0v) is 14.5. The monoisotopic (exact) mass is 387 g/mol. The lowest BCUT2D eigenvalue weighted by molar-refractivity contribution is 0.672. The van der Waals surface area contributed by atoms with E-state index in [9.17, 15) is 0 Å². The molecule has 0 aliphatic heterocycles. The Morgan fingerprint density at radius 2 is 2.00 bits per heavy atom. The molecule has 2 rings (SSSR count). The van der Waals surface area contributed by atoms with Crippen molar-refractivity contribution in [2.24, 2.45) is 10.7 Å². The van der Waals surface area contributed by atoms with Crippen molar-refractivity contribution in [3.63, 3.8) is 0 Å². The molecule has 1 aromatic rings. The molecule has 2 unspecified atom stereocenters. The number of rotatable bonds is 7. The van der Waals surface area contributed by atoms with Gasteiger partial charge in [0, 0.05) is 18.5 Å². The van der Waals surface area contributed by atoms with Crippen molar-refractivity contribution in [1.29, 1.82) is 0 Å². The summed E-state index contributed by atoms with van der Waals surface area (Å²) in [5.74, 6) is 1.22. The lowest BCUT2D eigenvalue weighted by atomic mass is 10.1. The van der Waals surface area contributed by atoms with Crippen molar-refractivity contribution in [2.75, 3.05) is 6.54 Å². The summed E-state index contributed by atoms with van der Waals surface area (Å²) in [6.45, 7) is 3.07. The van der Waals surface area contributed by atoms with Gasteiger partial charge in [-0.3, -0.25) is 4.99 Å². The van der Waals surface area contributed by atoms with Gasteiger partial charge in [-0.05, 0) is 18.4 Å².